The van der Waals surface area contributed by atoms with Crippen LogP contribution in [0.15, 0.2) is 48.9 Å². The van der Waals surface area contributed by atoms with Crippen LogP contribution in [0.3, 0.4) is 0 Å². The number of hydrogen-bond donors (Lipinski definition) is 1. The van der Waals surface area contributed by atoms with Crippen molar-refractivity contribution in [2.75, 3.05) is 0 Å². The summed E-state index contributed by atoms with van der Waals surface area (Å²) in [5.41, 5.74) is 7.64. The lowest BCUT2D eigenvalue weighted by atomic mass is 9.92. The molecule has 1 atom stereocenters. The van der Waals surface area contributed by atoms with Crippen molar-refractivity contribution in [2.45, 2.75) is 45.7 Å². The van der Waals surface area contributed by atoms with E-state index >= 15 is 0 Å². The topological polar surface area (TPSA) is 42.7 Å². The number of nitrogens with one attached hydrogen (secondary N) is 1. The first kappa shape index (κ1) is 16.0. The molecule has 0 aliphatic heterocycles. The number of aryl methyl sites for hydroxylation is 2. The van der Waals surface area contributed by atoms with E-state index in [1.807, 2.05) is 24.7 Å². The number of fused-ring (bicyclic) bond motifs is 1. The minimum atomic E-state index is 0.364. The van der Waals surface area contributed by atoms with Crippen molar-refractivity contribution in [1.29, 1.82) is 0 Å². The van der Waals surface area contributed by atoms with Gasteiger partial charge < -0.3 is 5.32 Å². The zero-order valence-electron chi connectivity index (χ0n) is 14.9. The Morgan fingerprint density at radius 3 is 2.76 bits per heavy atom. The Hall–Kier alpha value is -2.46. The molecule has 128 valence electrons. The maximum absolute atomic E-state index is 4.72. The molecule has 1 N–H and O–H groups in total. The number of aromatic nitrogens is 3. The summed E-state index contributed by atoms with van der Waals surface area (Å²) in [4.78, 5) is 4.20. The summed E-state index contributed by atoms with van der Waals surface area (Å²) in [7, 11) is 0. The molecule has 4 rings (SSSR count). The second-order valence-electron chi connectivity index (χ2n) is 6.99. The summed E-state index contributed by atoms with van der Waals surface area (Å²) in [6, 6.07) is 11.1. The van der Waals surface area contributed by atoms with Crippen molar-refractivity contribution in [2.24, 2.45) is 0 Å². The van der Waals surface area contributed by atoms with Gasteiger partial charge >= 0.3 is 0 Å². The van der Waals surface area contributed by atoms with Crippen molar-refractivity contribution >= 4 is 0 Å². The molecule has 0 saturated heterocycles. The summed E-state index contributed by atoms with van der Waals surface area (Å²) >= 11 is 0. The number of pyridine rings is 1. The van der Waals surface area contributed by atoms with Crippen molar-refractivity contribution in [1.82, 2.24) is 20.1 Å². The summed E-state index contributed by atoms with van der Waals surface area (Å²) in [6.07, 6.45) is 9.23. The zero-order valence-corrected chi connectivity index (χ0v) is 14.9. The third kappa shape index (κ3) is 3.35. The quantitative estimate of drug-likeness (QED) is 0.784. The number of hydrogen-bond acceptors (Lipinski definition) is 3. The maximum atomic E-state index is 4.72. The molecule has 4 heteroatoms. The van der Waals surface area contributed by atoms with Gasteiger partial charge in [-0.25, -0.2) is 4.68 Å². The predicted octanol–water partition coefficient (Wildman–Crippen LogP) is 4.05. The Kier molecular flexibility index (Phi) is 4.36. The molecule has 2 heterocycles. The van der Waals surface area contributed by atoms with E-state index < -0.39 is 0 Å². The molecule has 0 saturated carbocycles. The van der Waals surface area contributed by atoms with Gasteiger partial charge in [-0.3, -0.25) is 4.98 Å². The Bertz CT molecular complexity index is 847. The van der Waals surface area contributed by atoms with Gasteiger partial charge in [0.15, 0.2) is 0 Å². The van der Waals surface area contributed by atoms with E-state index in [-0.39, 0.29) is 0 Å². The minimum Gasteiger partial charge on any atom is -0.306 e. The standard InChI is InChI=1S/C21H24N4/c1-15-9-16(2)11-18(10-15)25-21-7-3-6-20(19(21)14-24-25)23-13-17-5-4-8-22-12-17/h4-5,8-12,14,20,23H,3,6-7,13H2,1-2H3. The highest BCUT2D eigenvalue weighted by atomic mass is 15.3. The first-order valence-corrected chi connectivity index (χ1v) is 8.98. The predicted molar refractivity (Wildman–Crippen MR) is 99.8 cm³/mol. The first-order chi connectivity index (χ1) is 12.2. The van der Waals surface area contributed by atoms with Crippen LogP contribution in [-0.2, 0) is 13.0 Å². The summed E-state index contributed by atoms with van der Waals surface area (Å²) < 4.78 is 2.13. The van der Waals surface area contributed by atoms with E-state index in [1.165, 1.54) is 40.1 Å². The molecule has 1 aliphatic rings. The van der Waals surface area contributed by atoms with Gasteiger partial charge in [-0.1, -0.05) is 12.1 Å². The average molecular weight is 332 g/mol. The van der Waals surface area contributed by atoms with Gasteiger partial charge in [-0.15, -0.1) is 0 Å². The molecule has 3 aromatic rings. The lowest BCUT2D eigenvalue weighted by molar-refractivity contribution is 0.454. The second kappa shape index (κ2) is 6.81. The Morgan fingerprint density at radius 1 is 1.16 bits per heavy atom. The van der Waals surface area contributed by atoms with Crippen LogP contribution < -0.4 is 5.32 Å². The van der Waals surface area contributed by atoms with Crippen LogP contribution in [0.2, 0.25) is 0 Å². The van der Waals surface area contributed by atoms with Crippen LogP contribution in [0, 0.1) is 13.8 Å². The number of rotatable bonds is 4. The van der Waals surface area contributed by atoms with Crippen molar-refractivity contribution in [3.05, 3.63) is 76.9 Å². The fourth-order valence-electron chi connectivity index (χ4n) is 3.81. The smallest absolute Gasteiger partial charge is 0.0654 e. The van der Waals surface area contributed by atoms with Gasteiger partial charge in [0.2, 0.25) is 0 Å². The minimum absolute atomic E-state index is 0.364. The van der Waals surface area contributed by atoms with Gasteiger partial charge in [0, 0.05) is 36.2 Å². The third-order valence-electron chi connectivity index (χ3n) is 4.91. The molecule has 1 aromatic carbocycles. The Labute approximate surface area is 148 Å². The number of nitrogens with zero attached hydrogens (tertiary/aromatic N) is 3. The lowest BCUT2D eigenvalue weighted by Gasteiger charge is -2.24. The van der Waals surface area contributed by atoms with Crippen LogP contribution in [-0.4, -0.2) is 14.8 Å². The fourth-order valence-corrected chi connectivity index (χ4v) is 3.81. The molecule has 0 fully saturated rings. The van der Waals surface area contributed by atoms with Gasteiger partial charge in [0.1, 0.15) is 0 Å². The zero-order chi connectivity index (χ0) is 17.2. The molecule has 2 aromatic heterocycles. The van der Waals surface area contributed by atoms with Gasteiger partial charge in [0.05, 0.1) is 11.9 Å². The first-order valence-electron chi connectivity index (χ1n) is 8.98. The largest absolute Gasteiger partial charge is 0.306 e. The Morgan fingerprint density at radius 2 is 2.00 bits per heavy atom. The highest BCUT2D eigenvalue weighted by Gasteiger charge is 2.24. The van der Waals surface area contributed by atoms with Crippen molar-refractivity contribution in [3.63, 3.8) is 0 Å². The summed E-state index contributed by atoms with van der Waals surface area (Å²) in [5.74, 6) is 0. The molecular formula is C21H24N4. The summed E-state index contributed by atoms with van der Waals surface area (Å²) in [5, 5.41) is 8.41. The van der Waals surface area contributed by atoms with Crippen molar-refractivity contribution in [3.8, 4) is 5.69 Å². The highest BCUT2D eigenvalue weighted by molar-refractivity contribution is 5.42. The SMILES string of the molecule is Cc1cc(C)cc(-n2ncc3c2CCCC3NCc2cccnc2)c1. The van der Waals surface area contributed by atoms with E-state index in [2.05, 4.69) is 53.1 Å². The molecule has 25 heavy (non-hydrogen) atoms. The van der Waals surface area contributed by atoms with E-state index in [0.717, 1.165) is 19.4 Å². The van der Waals surface area contributed by atoms with E-state index in [0.29, 0.717) is 6.04 Å². The van der Waals surface area contributed by atoms with Crippen LogP contribution in [0.25, 0.3) is 5.69 Å². The molecule has 1 unspecified atom stereocenters. The monoisotopic (exact) mass is 332 g/mol. The number of benzene rings is 1. The normalized spacial score (nSPS) is 16.6. The third-order valence-corrected chi connectivity index (χ3v) is 4.91. The van der Waals surface area contributed by atoms with Gasteiger partial charge in [-0.2, -0.15) is 5.10 Å². The van der Waals surface area contributed by atoms with E-state index in [9.17, 15) is 0 Å². The molecule has 0 radical (unpaired) electrons. The van der Waals surface area contributed by atoms with Crippen LogP contribution in [0.4, 0.5) is 0 Å². The summed E-state index contributed by atoms with van der Waals surface area (Å²) in [6.45, 7) is 5.13. The second-order valence-corrected chi connectivity index (χ2v) is 6.99. The Balaban J connectivity index is 1.59. The van der Waals surface area contributed by atoms with E-state index in [4.69, 9.17) is 5.10 Å². The van der Waals surface area contributed by atoms with Crippen LogP contribution >= 0.6 is 0 Å². The van der Waals surface area contributed by atoms with Crippen LogP contribution in [0.1, 0.15) is 46.8 Å². The van der Waals surface area contributed by atoms with Gasteiger partial charge in [-0.05, 0) is 68.0 Å². The molecule has 0 spiro atoms. The molecule has 1 aliphatic carbocycles. The van der Waals surface area contributed by atoms with Crippen LogP contribution in [0.5, 0.6) is 0 Å². The maximum Gasteiger partial charge on any atom is 0.0654 e. The molecule has 0 amide bonds. The molecular weight excluding hydrogens is 308 g/mol. The van der Waals surface area contributed by atoms with Crippen molar-refractivity contribution < 1.29 is 0 Å². The molecule has 0 bridgehead atoms. The average Bonchev–Trinajstić information content (AvgIpc) is 3.05. The van der Waals surface area contributed by atoms with E-state index in [1.54, 1.807) is 0 Å². The fraction of sp³-hybridized carbons (Fsp3) is 0.333. The van der Waals surface area contributed by atoms with Gasteiger partial charge in [0.25, 0.3) is 0 Å². The highest BCUT2D eigenvalue weighted by Crippen LogP contribution is 2.31. The lowest BCUT2D eigenvalue weighted by Crippen LogP contribution is -2.25. The molecule has 4 nitrogen and oxygen atoms in total.